The first-order valence-corrected chi connectivity index (χ1v) is 11.0. The summed E-state index contributed by atoms with van der Waals surface area (Å²) in [7, 11) is 0. The third-order valence-electron chi connectivity index (χ3n) is 5.39. The molecule has 1 atom stereocenters. The second kappa shape index (κ2) is 11.6. The van der Waals surface area contributed by atoms with Crippen LogP contribution in [0, 0.1) is 0 Å². The Bertz CT molecular complexity index is 1500. The van der Waals surface area contributed by atoms with Gasteiger partial charge in [-0.3, -0.25) is 0 Å². The number of esters is 1. The highest BCUT2D eigenvalue weighted by atomic mass is 16.6. The van der Waals surface area contributed by atoms with E-state index in [-0.39, 0.29) is 23.1 Å². The zero-order valence-corrected chi connectivity index (χ0v) is 19.8. The van der Waals surface area contributed by atoms with Crippen LogP contribution in [0.15, 0.2) is 54.6 Å². The van der Waals surface area contributed by atoms with E-state index in [9.17, 15) is 55.2 Å². The van der Waals surface area contributed by atoms with E-state index in [4.69, 9.17) is 4.74 Å². The van der Waals surface area contributed by atoms with Crippen molar-refractivity contribution in [1.29, 1.82) is 0 Å². The maximum atomic E-state index is 12.4. The minimum atomic E-state index is -1.68. The second-order valence-electron chi connectivity index (χ2n) is 8.13. The van der Waals surface area contributed by atoms with Gasteiger partial charge in [-0.1, -0.05) is 18.2 Å². The molecule has 0 fully saturated rings. The average Bonchev–Trinajstić information content (AvgIpc) is 2.87. The fraction of sp³-hybridized carbons (Fsp3) is 0.0741. The molecule has 0 radical (unpaired) electrons. The van der Waals surface area contributed by atoms with Gasteiger partial charge in [0.25, 0.3) is 0 Å². The van der Waals surface area contributed by atoms with Crippen LogP contribution < -0.4 is 0 Å². The maximum Gasteiger partial charge on any atom is 0.345 e. The van der Waals surface area contributed by atoms with Crippen molar-refractivity contribution in [3.05, 3.63) is 76.9 Å². The zero-order chi connectivity index (χ0) is 28.9. The molecule has 0 bridgehead atoms. The first kappa shape index (κ1) is 27.9. The van der Waals surface area contributed by atoms with Crippen LogP contribution in [0.5, 0.6) is 34.5 Å². The molecule has 3 rings (SSSR count). The Morgan fingerprint density at radius 1 is 0.769 bits per heavy atom. The van der Waals surface area contributed by atoms with Crippen molar-refractivity contribution in [3.63, 3.8) is 0 Å². The largest absolute Gasteiger partial charge is 0.504 e. The van der Waals surface area contributed by atoms with Crippen LogP contribution in [0.3, 0.4) is 0 Å². The van der Waals surface area contributed by atoms with Gasteiger partial charge in [0.15, 0.2) is 34.5 Å². The van der Waals surface area contributed by atoms with Gasteiger partial charge in [0.1, 0.15) is 0 Å². The van der Waals surface area contributed by atoms with Crippen LogP contribution >= 0.6 is 0 Å². The summed E-state index contributed by atoms with van der Waals surface area (Å²) in [6.07, 6.45) is 0.826. The van der Waals surface area contributed by atoms with Gasteiger partial charge < -0.3 is 45.6 Å². The smallest absolute Gasteiger partial charge is 0.345 e. The molecule has 0 aliphatic heterocycles. The molecule has 0 saturated carbocycles. The number of carboxylic acid groups (broad SMARTS) is 2. The van der Waals surface area contributed by atoms with E-state index < -0.39 is 69.6 Å². The number of benzene rings is 3. The monoisotopic (exact) mass is 538 g/mol. The minimum Gasteiger partial charge on any atom is -0.504 e. The summed E-state index contributed by atoms with van der Waals surface area (Å²) in [5.41, 5.74) is -0.680. The number of carbonyl (C=O) groups is 3. The van der Waals surface area contributed by atoms with Gasteiger partial charge >= 0.3 is 17.9 Å². The lowest BCUT2D eigenvalue weighted by atomic mass is 9.95. The number of hydrogen-bond donors (Lipinski definition) is 8. The van der Waals surface area contributed by atoms with E-state index in [1.54, 1.807) is 0 Å². The number of aliphatic carboxylic acids is 2. The number of aromatic hydroxyl groups is 6. The van der Waals surface area contributed by atoms with Crippen LogP contribution in [0.2, 0.25) is 0 Å². The summed E-state index contributed by atoms with van der Waals surface area (Å²) in [4.78, 5) is 36.1. The molecule has 0 aliphatic rings. The van der Waals surface area contributed by atoms with E-state index in [1.807, 2.05) is 0 Å². The SMILES string of the molecule is O=C(/C=C/c1ccc(O)c(O)c1/C(=C\c1ccc(O)c(O)c1)C(=O)O)O[C@H](Cc1ccc(O)c(O)c1)C(=O)O. The predicted molar refractivity (Wildman–Crippen MR) is 135 cm³/mol. The standard InChI is InChI=1S/C27H22O12/c28-17-5-1-13(10-20(17)31)9-16(26(35)36)24-15(3-7-19(30)25(24)34)4-8-23(33)39-22(27(37)38)12-14-2-6-18(29)21(32)11-14/h1-11,22,28-32,34H,12H2,(H,35,36)(H,37,38)/b8-4+,16-9+/t22-/m1/s1. The lowest BCUT2D eigenvalue weighted by molar-refractivity contribution is -0.160. The zero-order valence-electron chi connectivity index (χ0n) is 19.8. The van der Waals surface area contributed by atoms with Crippen molar-refractivity contribution in [2.75, 3.05) is 0 Å². The lowest BCUT2D eigenvalue weighted by Crippen LogP contribution is -2.28. The molecule has 202 valence electrons. The van der Waals surface area contributed by atoms with E-state index in [0.29, 0.717) is 0 Å². The van der Waals surface area contributed by atoms with Crippen molar-refractivity contribution in [1.82, 2.24) is 0 Å². The van der Waals surface area contributed by atoms with Gasteiger partial charge in [0, 0.05) is 18.1 Å². The molecule has 0 aromatic heterocycles. The molecule has 3 aromatic carbocycles. The maximum absolute atomic E-state index is 12.4. The Morgan fingerprint density at radius 2 is 1.38 bits per heavy atom. The van der Waals surface area contributed by atoms with Gasteiger partial charge in [-0.25, -0.2) is 14.4 Å². The molecule has 0 amide bonds. The number of phenols is 6. The van der Waals surface area contributed by atoms with Crippen LogP contribution in [0.1, 0.15) is 22.3 Å². The molecule has 3 aromatic rings. The predicted octanol–water partition coefficient (Wildman–Crippen LogP) is 2.80. The number of ether oxygens (including phenoxy) is 1. The molecule has 39 heavy (non-hydrogen) atoms. The van der Waals surface area contributed by atoms with Gasteiger partial charge in [0.05, 0.1) is 5.57 Å². The quantitative estimate of drug-likeness (QED) is 0.0852. The molecule has 8 N–H and O–H groups in total. The number of phenolic OH excluding ortho intramolecular Hbond substituents is 6. The molecule has 0 saturated heterocycles. The third-order valence-corrected chi connectivity index (χ3v) is 5.39. The van der Waals surface area contributed by atoms with E-state index >= 15 is 0 Å². The summed E-state index contributed by atoms with van der Waals surface area (Å²) >= 11 is 0. The second-order valence-corrected chi connectivity index (χ2v) is 8.13. The highest BCUT2D eigenvalue weighted by Gasteiger charge is 2.24. The minimum absolute atomic E-state index is 0.0748. The van der Waals surface area contributed by atoms with E-state index in [1.165, 1.54) is 18.2 Å². The number of carbonyl (C=O) groups excluding carboxylic acids is 1. The summed E-state index contributed by atoms with van der Waals surface area (Å²) in [5, 5.41) is 77.8. The summed E-state index contributed by atoms with van der Waals surface area (Å²) in [5.74, 6) is -7.60. The Morgan fingerprint density at radius 3 is 1.97 bits per heavy atom. The van der Waals surface area contributed by atoms with Crippen molar-refractivity contribution < 1.29 is 60.0 Å². The Labute approximate surface area is 219 Å². The normalized spacial score (nSPS) is 12.3. The lowest BCUT2D eigenvalue weighted by Gasteiger charge is -2.14. The molecular formula is C27H22O12. The third kappa shape index (κ3) is 6.77. The first-order chi connectivity index (χ1) is 18.4. The topological polar surface area (TPSA) is 222 Å². The van der Waals surface area contributed by atoms with Crippen LogP contribution in [-0.2, 0) is 25.5 Å². The fourth-order valence-electron chi connectivity index (χ4n) is 3.48. The van der Waals surface area contributed by atoms with Crippen LogP contribution in [0.25, 0.3) is 17.7 Å². The number of rotatable bonds is 9. The van der Waals surface area contributed by atoms with Crippen molar-refractivity contribution in [3.8, 4) is 34.5 Å². The summed E-state index contributed by atoms with van der Waals surface area (Å²) in [6.45, 7) is 0. The average molecular weight is 538 g/mol. The summed E-state index contributed by atoms with van der Waals surface area (Å²) in [6, 6.07) is 9.24. The Hall–Kier alpha value is -5.65. The molecule has 0 heterocycles. The van der Waals surface area contributed by atoms with E-state index in [0.717, 1.165) is 48.6 Å². The number of hydrogen-bond acceptors (Lipinski definition) is 10. The van der Waals surface area contributed by atoms with E-state index in [2.05, 4.69) is 0 Å². The van der Waals surface area contributed by atoms with Crippen molar-refractivity contribution in [2.24, 2.45) is 0 Å². The molecule has 0 aliphatic carbocycles. The molecular weight excluding hydrogens is 516 g/mol. The summed E-state index contributed by atoms with van der Waals surface area (Å²) < 4.78 is 4.97. The van der Waals surface area contributed by atoms with Gasteiger partial charge in [-0.05, 0) is 59.2 Å². The highest BCUT2D eigenvalue weighted by molar-refractivity contribution is 6.22. The van der Waals surface area contributed by atoms with Crippen molar-refractivity contribution in [2.45, 2.75) is 12.5 Å². The van der Waals surface area contributed by atoms with Crippen molar-refractivity contribution >= 4 is 35.6 Å². The molecule has 0 unspecified atom stereocenters. The van der Waals surface area contributed by atoms with Gasteiger partial charge in [0.2, 0.25) is 6.10 Å². The first-order valence-electron chi connectivity index (χ1n) is 11.0. The van der Waals surface area contributed by atoms with Gasteiger partial charge in [-0.2, -0.15) is 0 Å². The number of carboxylic acids is 2. The molecule has 12 nitrogen and oxygen atoms in total. The van der Waals surface area contributed by atoms with Gasteiger partial charge in [-0.15, -0.1) is 0 Å². The highest BCUT2D eigenvalue weighted by Crippen LogP contribution is 2.38. The Kier molecular flexibility index (Phi) is 8.31. The molecule has 0 spiro atoms. The van der Waals surface area contributed by atoms with Crippen LogP contribution in [0.4, 0.5) is 0 Å². The molecule has 12 heteroatoms. The van der Waals surface area contributed by atoms with Crippen LogP contribution in [-0.4, -0.2) is 64.9 Å². The fourth-order valence-corrected chi connectivity index (χ4v) is 3.48. The Balaban J connectivity index is 1.93.